The van der Waals surface area contributed by atoms with Gasteiger partial charge in [-0.2, -0.15) is 0 Å². The molecule has 1 aliphatic rings. The summed E-state index contributed by atoms with van der Waals surface area (Å²) in [6.45, 7) is 9.04. The van der Waals surface area contributed by atoms with E-state index in [4.69, 9.17) is 0 Å². The molecule has 0 spiro atoms. The number of hydrogen-bond acceptors (Lipinski definition) is 2. The molecule has 1 atom stereocenters. The topological polar surface area (TPSA) is 15.3 Å². The van der Waals surface area contributed by atoms with Gasteiger partial charge in [-0.25, -0.2) is 0 Å². The lowest BCUT2D eigenvalue weighted by atomic mass is 9.98. The van der Waals surface area contributed by atoms with Gasteiger partial charge in [0.05, 0.1) is 0 Å². The molecule has 1 aromatic rings. The number of nitrogens with zero attached hydrogens (tertiary/aromatic N) is 1. The van der Waals surface area contributed by atoms with Crippen molar-refractivity contribution in [2.24, 2.45) is 0 Å². The van der Waals surface area contributed by atoms with Crippen LogP contribution in [0.3, 0.4) is 0 Å². The fourth-order valence-electron chi connectivity index (χ4n) is 2.95. The van der Waals surface area contributed by atoms with Gasteiger partial charge in [0, 0.05) is 18.6 Å². The molecule has 1 N–H and O–H groups in total. The normalized spacial score (nSPS) is 16.9. The Kier molecular flexibility index (Phi) is 5.00. The quantitative estimate of drug-likeness (QED) is 0.808. The number of benzene rings is 1. The summed E-state index contributed by atoms with van der Waals surface area (Å²) in [5.41, 5.74) is 4.21. The van der Waals surface area contributed by atoms with Crippen LogP contribution in [-0.2, 0) is 0 Å². The average Bonchev–Trinajstić information content (AvgIpc) is 3.19. The van der Waals surface area contributed by atoms with Crippen LogP contribution >= 0.6 is 0 Å². The molecule has 1 saturated carbocycles. The fraction of sp³-hybridized carbons (Fsp3) is 0.647. The molecule has 0 aliphatic heterocycles. The summed E-state index contributed by atoms with van der Waals surface area (Å²) < 4.78 is 0. The Labute approximate surface area is 118 Å². The van der Waals surface area contributed by atoms with Crippen LogP contribution in [0.25, 0.3) is 0 Å². The van der Waals surface area contributed by atoms with Crippen LogP contribution in [0.15, 0.2) is 18.2 Å². The van der Waals surface area contributed by atoms with Gasteiger partial charge in [-0.05, 0) is 57.8 Å². The zero-order chi connectivity index (χ0) is 13.8. The van der Waals surface area contributed by atoms with Crippen molar-refractivity contribution < 1.29 is 0 Å². The second-order valence-electron chi connectivity index (χ2n) is 5.93. The summed E-state index contributed by atoms with van der Waals surface area (Å²) in [6.07, 6.45) is 4.03. The molecule has 2 rings (SSSR count). The monoisotopic (exact) mass is 260 g/mol. The van der Waals surface area contributed by atoms with Crippen molar-refractivity contribution in [2.45, 2.75) is 52.1 Å². The minimum atomic E-state index is 0.452. The van der Waals surface area contributed by atoms with Gasteiger partial charge in [-0.15, -0.1) is 0 Å². The third-order valence-corrected chi connectivity index (χ3v) is 4.14. The SMILES string of the molecule is CCCN(CC(NC)c1ccc(C)cc1C)C1CC1. The maximum Gasteiger partial charge on any atom is 0.0449 e. The van der Waals surface area contributed by atoms with E-state index in [0.29, 0.717) is 6.04 Å². The van der Waals surface area contributed by atoms with Crippen LogP contribution in [0.5, 0.6) is 0 Å². The Bertz CT molecular complexity index is 410. The summed E-state index contributed by atoms with van der Waals surface area (Å²) >= 11 is 0. The standard InChI is InChI=1S/C17H28N2/c1-5-10-19(15-7-8-15)12-17(18-4)16-9-6-13(2)11-14(16)3/h6,9,11,15,17-18H,5,7-8,10,12H2,1-4H3. The fourth-order valence-corrected chi connectivity index (χ4v) is 2.95. The van der Waals surface area contributed by atoms with Crippen LogP contribution in [0.2, 0.25) is 0 Å². The highest BCUT2D eigenvalue weighted by Gasteiger charge is 2.30. The smallest absolute Gasteiger partial charge is 0.0449 e. The molecule has 2 heteroatoms. The summed E-state index contributed by atoms with van der Waals surface area (Å²) in [6, 6.07) is 8.12. The van der Waals surface area contributed by atoms with Crippen LogP contribution in [0.1, 0.15) is 48.9 Å². The van der Waals surface area contributed by atoms with E-state index in [1.54, 1.807) is 0 Å². The minimum Gasteiger partial charge on any atom is -0.312 e. The first kappa shape index (κ1) is 14.5. The Balaban J connectivity index is 2.09. The third kappa shape index (κ3) is 3.80. The lowest BCUT2D eigenvalue weighted by Crippen LogP contribution is -2.36. The second kappa shape index (κ2) is 6.53. The van der Waals surface area contributed by atoms with Crippen molar-refractivity contribution in [2.75, 3.05) is 20.1 Å². The van der Waals surface area contributed by atoms with E-state index < -0.39 is 0 Å². The number of likely N-dealkylation sites (N-methyl/N-ethyl adjacent to an activating group) is 1. The van der Waals surface area contributed by atoms with E-state index in [1.807, 2.05) is 0 Å². The third-order valence-electron chi connectivity index (χ3n) is 4.14. The zero-order valence-electron chi connectivity index (χ0n) is 12.9. The van der Waals surface area contributed by atoms with Crippen LogP contribution in [0, 0.1) is 13.8 Å². The maximum atomic E-state index is 3.51. The van der Waals surface area contributed by atoms with Gasteiger partial charge in [-0.1, -0.05) is 30.7 Å². The minimum absolute atomic E-state index is 0.452. The molecule has 19 heavy (non-hydrogen) atoms. The van der Waals surface area contributed by atoms with E-state index in [-0.39, 0.29) is 0 Å². The maximum absolute atomic E-state index is 3.51. The Morgan fingerprint density at radius 1 is 1.32 bits per heavy atom. The Hall–Kier alpha value is -0.860. The van der Waals surface area contributed by atoms with Gasteiger partial charge in [0.1, 0.15) is 0 Å². The summed E-state index contributed by atoms with van der Waals surface area (Å²) in [5, 5.41) is 3.51. The number of aryl methyl sites for hydroxylation is 2. The van der Waals surface area contributed by atoms with Gasteiger partial charge in [-0.3, -0.25) is 4.90 Å². The van der Waals surface area contributed by atoms with Crippen molar-refractivity contribution in [3.63, 3.8) is 0 Å². The van der Waals surface area contributed by atoms with Crippen LogP contribution in [0.4, 0.5) is 0 Å². The van der Waals surface area contributed by atoms with E-state index in [1.165, 1.54) is 42.5 Å². The number of hydrogen-bond donors (Lipinski definition) is 1. The van der Waals surface area contributed by atoms with Gasteiger partial charge < -0.3 is 5.32 Å². The van der Waals surface area contributed by atoms with E-state index in [9.17, 15) is 0 Å². The molecule has 106 valence electrons. The van der Waals surface area contributed by atoms with Crippen molar-refractivity contribution in [1.82, 2.24) is 10.2 Å². The summed E-state index contributed by atoms with van der Waals surface area (Å²) in [4.78, 5) is 2.67. The van der Waals surface area contributed by atoms with E-state index >= 15 is 0 Å². The molecule has 0 saturated heterocycles. The molecule has 0 radical (unpaired) electrons. The molecular formula is C17H28N2. The van der Waals surface area contributed by atoms with E-state index in [0.717, 1.165) is 12.6 Å². The highest BCUT2D eigenvalue weighted by Crippen LogP contribution is 2.29. The largest absolute Gasteiger partial charge is 0.312 e. The zero-order valence-corrected chi connectivity index (χ0v) is 12.9. The van der Waals surface area contributed by atoms with Gasteiger partial charge in [0.15, 0.2) is 0 Å². The van der Waals surface area contributed by atoms with Crippen molar-refractivity contribution in [1.29, 1.82) is 0 Å². The van der Waals surface area contributed by atoms with Gasteiger partial charge >= 0.3 is 0 Å². The molecule has 1 aliphatic carbocycles. The molecule has 0 aromatic heterocycles. The highest BCUT2D eigenvalue weighted by atomic mass is 15.2. The van der Waals surface area contributed by atoms with Gasteiger partial charge in [0.25, 0.3) is 0 Å². The molecular weight excluding hydrogens is 232 g/mol. The highest BCUT2D eigenvalue weighted by molar-refractivity contribution is 5.33. The van der Waals surface area contributed by atoms with Crippen molar-refractivity contribution in [3.05, 3.63) is 34.9 Å². The molecule has 0 heterocycles. The Morgan fingerprint density at radius 2 is 2.05 bits per heavy atom. The molecule has 0 bridgehead atoms. The molecule has 2 nitrogen and oxygen atoms in total. The molecule has 1 unspecified atom stereocenters. The first-order valence-corrected chi connectivity index (χ1v) is 7.64. The Morgan fingerprint density at radius 3 is 2.58 bits per heavy atom. The first-order valence-electron chi connectivity index (χ1n) is 7.64. The van der Waals surface area contributed by atoms with E-state index in [2.05, 4.69) is 56.2 Å². The molecule has 1 fully saturated rings. The van der Waals surface area contributed by atoms with Crippen LogP contribution < -0.4 is 5.32 Å². The molecule has 1 aromatic carbocycles. The molecule has 0 amide bonds. The predicted molar refractivity (Wildman–Crippen MR) is 82.6 cm³/mol. The summed E-state index contributed by atoms with van der Waals surface area (Å²) in [5.74, 6) is 0. The predicted octanol–water partition coefficient (Wildman–Crippen LogP) is 3.44. The average molecular weight is 260 g/mol. The number of nitrogens with one attached hydrogen (secondary N) is 1. The number of rotatable bonds is 7. The van der Waals surface area contributed by atoms with Gasteiger partial charge in [0.2, 0.25) is 0 Å². The van der Waals surface area contributed by atoms with Crippen molar-refractivity contribution in [3.8, 4) is 0 Å². The van der Waals surface area contributed by atoms with Crippen LogP contribution in [-0.4, -0.2) is 31.1 Å². The summed E-state index contributed by atoms with van der Waals surface area (Å²) in [7, 11) is 2.08. The van der Waals surface area contributed by atoms with Crippen molar-refractivity contribution >= 4 is 0 Å². The first-order chi connectivity index (χ1) is 9.15. The second-order valence-corrected chi connectivity index (χ2v) is 5.93. The lowest BCUT2D eigenvalue weighted by Gasteiger charge is -2.28. The lowest BCUT2D eigenvalue weighted by molar-refractivity contribution is 0.237.